The lowest BCUT2D eigenvalue weighted by Gasteiger charge is -1.96. The highest BCUT2D eigenvalue weighted by Crippen LogP contribution is 2.23. The third kappa shape index (κ3) is 2.86. The SMILES string of the molecule is CC.CC(=O)/C=C\c1cccc2[nH]cc(C#N)c12. The van der Waals surface area contributed by atoms with E-state index in [4.69, 9.17) is 5.26 Å². The molecule has 0 aliphatic rings. The first-order valence-electron chi connectivity index (χ1n) is 5.91. The van der Waals surface area contributed by atoms with Gasteiger partial charge in [-0.2, -0.15) is 5.26 Å². The van der Waals surface area contributed by atoms with Gasteiger partial charge in [0, 0.05) is 17.1 Å². The number of carbonyl (C=O) groups is 1. The number of allylic oxidation sites excluding steroid dienone is 1. The summed E-state index contributed by atoms with van der Waals surface area (Å²) in [6.07, 6.45) is 4.91. The molecule has 1 heterocycles. The highest BCUT2D eigenvalue weighted by atomic mass is 16.1. The highest BCUT2D eigenvalue weighted by Gasteiger charge is 2.05. The molecular formula is C15H16N2O. The lowest BCUT2D eigenvalue weighted by atomic mass is 10.1. The molecule has 0 spiro atoms. The number of fused-ring (bicyclic) bond motifs is 1. The first kappa shape index (κ1) is 13.7. The lowest BCUT2D eigenvalue weighted by Crippen LogP contribution is -1.82. The fourth-order valence-electron chi connectivity index (χ4n) is 1.65. The number of carbonyl (C=O) groups excluding carboxylic acids is 1. The van der Waals surface area contributed by atoms with Gasteiger partial charge in [0.05, 0.1) is 5.56 Å². The molecule has 0 aliphatic carbocycles. The lowest BCUT2D eigenvalue weighted by molar-refractivity contribution is -0.112. The summed E-state index contributed by atoms with van der Waals surface area (Å²) in [5.74, 6) is -0.00829. The van der Waals surface area contributed by atoms with Gasteiger partial charge in [0.15, 0.2) is 5.78 Å². The van der Waals surface area contributed by atoms with E-state index in [0.29, 0.717) is 5.56 Å². The average Bonchev–Trinajstić information content (AvgIpc) is 2.82. The number of hydrogen-bond donors (Lipinski definition) is 1. The van der Waals surface area contributed by atoms with Crippen molar-refractivity contribution in [3.63, 3.8) is 0 Å². The van der Waals surface area contributed by atoms with Gasteiger partial charge in [-0.3, -0.25) is 4.79 Å². The predicted molar refractivity (Wildman–Crippen MR) is 74.1 cm³/mol. The van der Waals surface area contributed by atoms with Gasteiger partial charge in [0.2, 0.25) is 0 Å². The van der Waals surface area contributed by atoms with Crippen molar-refractivity contribution in [2.24, 2.45) is 0 Å². The number of nitrogens with one attached hydrogen (secondary N) is 1. The molecule has 0 amide bonds. The van der Waals surface area contributed by atoms with Crippen molar-refractivity contribution >= 4 is 22.8 Å². The van der Waals surface area contributed by atoms with Crippen molar-refractivity contribution in [1.29, 1.82) is 5.26 Å². The van der Waals surface area contributed by atoms with Crippen molar-refractivity contribution in [3.05, 3.63) is 41.6 Å². The van der Waals surface area contributed by atoms with Gasteiger partial charge < -0.3 is 4.98 Å². The summed E-state index contributed by atoms with van der Waals surface area (Å²) < 4.78 is 0. The van der Waals surface area contributed by atoms with Crippen LogP contribution in [0.5, 0.6) is 0 Å². The minimum atomic E-state index is -0.00829. The number of nitriles is 1. The molecule has 1 aromatic heterocycles. The maximum atomic E-state index is 10.9. The maximum Gasteiger partial charge on any atom is 0.152 e. The van der Waals surface area contributed by atoms with Gasteiger partial charge in [-0.1, -0.05) is 32.1 Å². The number of nitrogens with zero attached hydrogens (tertiary/aromatic N) is 1. The zero-order valence-corrected chi connectivity index (χ0v) is 10.8. The number of H-pyrrole nitrogens is 1. The normalized spacial score (nSPS) is 9.89. The Morgan fingerprint density at radius 2 is 2.11 bits per heavy atom. The van der Waals surface area contributed by atoms with Gasteiger partial charge in [0.1, 0.15) is 6.07 Å². The van der Waals surface area contributed by atoms with Crippen LogP contribution in [-0.2, 0) is 4.79 Å². The second kappa shape index (κ2) is 6.41. The number of hydrogen-bond acceptors (Lipinski definition) is 2. The Hall–Kier alpha value is -2.34. The topological polar surface area (TPSA) is 56.6 Å². The van der Waals surface area contributed by atoms with E-state index < -0.39 is 0 Å². The summed E-state index contributed by atoms with van der Waals surface area (Å²) in [6, 6.07) is 7.81. The maximum absolute atomic E-state index is 10.9. The number of rotatable bonds is 2. The minimum Gasteiger partial charge on any atom is -0.360 e. The van der Waals surface area contributed by atoms with Crippen LogP contribution in [0.15, 0.2) is 30.5 Å². The van der Waals surface area contributed by atoms with Crippen LogP contribution in [0.4, 0.5) is 0 Å². The van der Waals surface area contributed by atoms with Crippen LogP contribution in [-0.4, -0.2) is 10.8 Å². The van der Waals surface area contributed by atoms with Crippen LogP contribution in [0.25, 0.3) is 17.0 Å². The second-order valence-corrected chi connectivity index (χ2v) is 3.53. The minimum absolute atomic E-state index is 0.00829. The molecule has 0 unspecified atom stereocenters. The molecule has 1 aromatic carbocycles. The fourth-order valence-corrected chi connectivity index (χ4v) is 1.65. The quantitative estimate of drug-likeness (QED) is 0.814. The third-order valence-electron chi connectivity index (χ3n) is 2.36. The Kier molecular flexibility index (Phi) is 4.89. The van der Waals surface area contributed by atoms with Gasteiger partial charge >= 0.3 is 0 Å². The number of ketones is 1. The van der Waals surface area contributed by atoms with E-state index in [1.807, 2.05) is 32.0 Å². The predicted octanol–water partition coefficient (Wildman–Crippen LogP) is 3.67. The molecular weight excluding hydrogens is 224 g/mol. The summed E-state index contributed by atoms with van der Waals surface area (Å²) in [5.41, 5.74) is 2.38. The van der Waals surface area contributed by atoms with Crippen molar-refractivity contribution in [2.45, 2.75) is 20.8 Å². The van der Waals surface area contributed by atoms with E-state index in [-0.39, 0.29) is 5.78 Å². The van der Waals surface area contributed by atoms with Crippen LogP contribution in [0.3, 0.4) is 0 Å². The van der Waals surface area contributed by atoms with Crippen LogP contribution in [0.1, 0.15) is 31.9 Å². The third-order valence-corrected chi connectivity index (χ3v) is 2.36. The molecule has 3 heteroatoms. The molecule has 2 aromatic rings. The van der Waals surface area contributed by atoms with E-state index in [1.165, 1.54) is 13.0 Å². The standard InChI is InChI=1S/C13H10N2O.C2H6/c1-9(16)5-6-10-3-2-4-12-13(10)11(7-14)8-15-12;1-2/h2-6,8,15H,1H3;1-2H3/b6-5-;. The molecule has 0 saturated carbocycles. The van der Waals surface area contributed by atoms with Gasteiger partial charge in [0.25, 0.3) is 0 Å². The Labute approximate surface area is 107 Å². The van der Waals surface area contributed by atoms with Gasteiger partial charge in [-0.15, -0.1) is 0 Å². The second-order valence-electron chi connectivity index (χ2n) is 3.53. The molecule has 0 bridgehead atoms. The van der Waals surface area contributed by atoms with Crippen molar-refractivity contribution < 1.29 is 4.79 Å². The van der Waals surface area contributed by atoms with Crippen LogP contribution in [0.2, 0.25) is 0 Å². The summed E-state index contributed by atoms with van der Waals surface area (Å²) in [5, 5.41) is 9.83. The van der Waals surface area contributed by atoms with E-state index in [9.17, 15) is 4.79 Å². The van der Waals surface area contributed by atoms with Crippen molar-refractivity contribution in [3.8, 4) is 6.07 Å². The van der Waals surface area contributed by atoms with E-state index >= 15 is 0 Å². The largest absolute Gasteiger partial charge is 0.360 e. The summed E-state index contributed by atoms with van der Waals surface area (Å²) in [6.45, 7) is 5.50. The summed E-state index contributed by atoms with van der Waals surface area (Å²) in [7, 11) is 0. The zero-order valence-electron chi connectivity index (χ0n) is 10.8. The van der Waals surface area contributed by atoms with Crippen molar-refractivity contribution in [2.75, 3.05) is 0 Å². The van der Waals surface area contributed by atoms with E-state index in [0.717, 1.165) is 16.5 Å². The first-order chi connectivity index (χ1) is 8.72. The molecule has 0 aliphatic heterocycles. The van der Waals surface area contributed by atoms with Crippen LogP contribution in [0, 0.1) is 11.3 Å². The number of aromatic nitrogens is 1. The molecule has 92 valence electrons. The van der Waals surface area contributed by atoms with Crippen molar-refractivity contribution in [1.82, 2.24) is 4.98 Å². The Bertz CT molecular complexity index is 615. The molecule has 0 atom stereocenters. The number of aromatic amines is 1. The van der Waals surface area contributed by atoms with E-state index in [1.54, 1.807) is 12.3 Å². The summed E-state index contributed by atoms with van der Waals surface area (Å²) >= 11 is 0. The van der Waals surface area contributed by atoms with E-state index in [2.05, 4.69) is 11.1 Å². The molecule has 2 rings (SSSR count). The Morgan fingerprint density at radius 1 is 1.39 bits per heavy atom. The molecule has 0 radical (unpaired) electrons. The Morgan fingerprint density at radius 3 is 2.72 bits per heavy atom. The molecule has 0 saturated heterocycles. The Balaban J connectivity index is 0.000000771. The summed E-state index contributed by atoms with van der Waals surface area (Å²) in [4.78, 5) is 13.9. The van der Waals surface area contributed by atoms with Crippen LogP contribution < -0.4 is 0 Å². The average molecular weight is 240 g/mol. The highest BCUT2D eigenvalue weighted by molar-refractivity contribution is 5.98. The molecule has 3 nitrogen and oxygen atoms in total. The zero-order chi connectivity index (χ0) is 13.5. The smallest absolute Gasteiger partial charge is 0.152 e. The molecule has 18 heavy (non-hydrogen) atoms. The van der Waals surface area contributed by atoms with Gasteiger partial charge in [-0.25, -0.2) is 0 Å². The fraction of sp³-hybridized carbons (Fsp3) is 0.200. The monoisotopic (exact) mass is 240 g/mol. The number of benzene rings is 1. The van der Waals surface area contributed by atoms with Gasteiger partial charge in [-0.05, 0) is 24.6 Å². The molecule has 1 N–H and O–H groups in total. The van der Waals surface area contributed by atoms with Crippen LogP contribution >= 0.6 is 0 Å². The molecule has 0 fully saturated rings. The first-order valence-corrected chi connectivity index (χ1v) is 5.91.